The average Bonchev–Trinajstić information content (AvgIpc) is 2.48. The average molecular weight is 285 g/mol. The zero-order chi connectivity index (χ0) is 15.2. The minimum atomic E-state index is -0.320. The molecule has 1 N–H and O–H groups in total. The minimum absolute atomic E-state index is 0.263. The summed E-state index contributed by atoms with van der Waals surface area (Å²) in [5.41, 5.74) is 2.17. The van der Waals surface area contributed by atoms with E-state index in [9.17, 15) is 9.18 Å². The summed E-state index contributed by atoms with van der Waals surface area (Å²) in [5, 5.41) is 2.71. The molecule has 0 radical (unpaired) electrons. The fraction of sp³-hybridized carbons (Fsp3) is 0.118. The molecule has 0 saturated carbocycles. The first kappa shape index (κ1) is 14.8. The van der Waals surface area contributed by atoms with Crippen molar-refractivity contribution in [3.63, 3.8) is 0 Å². The largest absolute Gasteiger partial charge is 0.497 e. The summed E-state index contributed by atoms with van der Waals surface area (Å²) >= 11 is 0. The zero-order valence-electron chi connectivity index (χ0n) is 11.9. The number of hydrogen-bond donors (Lipinski definition) is 1. The Morgan fingerprint density at radius 1 is 1.19 bits per heavy atom. The van der Waals surface area contributed by atoms with Crippen LogP contribution in [-0.2, 0) is 4.79 Å². The van der Waals surface area contributed by atoms with Crippen molar-refractivity contribution in [3.05, 3.63) is 65.5 Å². The van der Waals surface area contributed by atoms with Crippen molar-refractivity contribution < 1.29 is 13.9 Å². The van der Waals surface area contributed by atoms with E-state index in [2.05, 4.69) is 5.32 Å². The van der Waals surface area contributed by atoms with Gasteiger partial charge in [0.15, 0.2) is 0 Å². The molecule has 0 spiro atoms. The number of rotatable bonds is 4. The normalized spacial score (nSPS) is 10.6. The number of anilines is 1. The Morgan fingerprint density at radius 2 is 1.90 bits per heavy atom. The molecule has 0 aliphatic carbocycles. The smallest absolute Gasteiger partial charge is 0.248 e. The van der Waals surface area contributed by atoms with Crippen LogP contribution in [-0.4, -0.2) is 13.0 Å². The number of hydrogen-bond acceptors (Lipinski definition) is 2. The number of nitrogens with one attached hydrogen (secondary N) is 1. The zero-order valence-corrected chi connectivity index (χ0v) is 11.9. The van der Waals surface area contributed by atoms with Crippen molar-refractivity contribution in [1.82, 2.24) is 0 Å². The molecule has 1 amide bonds. The molecule has 0 heterocycles. The van der Waals surface area contributed by atoms with Gasteiger partial charge in [0.05, 0.1) is 7.11 Å². The van der Waals surface area contributed by atoms with Crippen molar-refractivity contribution in [1.29, 1.82) is 0 Å². The van der Waals surface area contributed by atoms with Gasteiger partial charge in [-0.1, -0.05) is 12.1 Å². The monoisotopic (exact) mass is 285 g/mol. The van der Waals surface area contributed by atoms with Gasteiger partial charge in [-0.25, -0.2) is 4.39 Å². The molecule has 3 nitrogen and oxygen atoms in total. The number of carbonyl (C=O) groups is 1. The summed E-state index contributed by atoms with van der Waals surface area (Å²) in [7, 11) is 1.60. The molecule has 0 bridgehead atoms. The highest BCUT2D eigenvalue weighted by Crippen LogP contribution is 2.16. The molecule has 0 aliphatic heterocycles. The molecule has 2 aromatic carbocycles. The van der Waals surface area contributed by atoms with E-state index in [1.54, 1.807) is 26.2 Å². The standard InChI is InChI=1S/C17H16FNO2/c1-12-11-14(18)6-9-16(12)19-17(20)10-5-13-3-7-15(21-2)8-4-13/h3-11H,1-2H3,(H,19,20)/b10-5+. The number of halogens is 1. The van der Waals surface area contributed by atoms with E-state index in [0.717, 1.165) is 11.3 Å². The summed E-state index contributed by atoms with van der Waals surface area (Å²) in [5.74, 6) is 0.179. The lowest BCUT2D eigenvalue weighted by Crippen LogP contribution is -2.08. The van der Waals surface area contributed by atoms with Crippen LogP contribution >= 0.6 is 0 Å². The number of benzene rings is 2. The highest BCUT2D eigenvalue weighted by Gasteiger charge is 2.02. The Labute approximate surface area is 123 Å². The minimum Gasteiger partial charge on any atom is -0.497 e. The molecule has 2 aromatic rings. The van der Waals surface area contributed by atoms with E-state index in [0.29, 0.717) is 11.3 Å². The molecule has 21 heavy (non-hydrogen) atoms. The van der Waals surface area contributed by atoms with Crippen LogP contribution in [0.3, 0.4) is 0 Å². The molecule has 0 aliphatic rings. The van der Waals surface area contributed by atoms with E-state index in [1.807, 2.05) is 24.3 Å². The van der Waals surface area contributed by atoms with E-state index in [4.69, 9.17) is 4.74 Å². The summed E-state index contributed by atoms with van der Waals surface area (Å²) < 4.78 is 18.0. The van der Waals surface area contributed by atoms with Gasteiger partial charge in [0, 0.05) is 11.8 Å². The second kappa shape index (κ2) is 6.70. The summed E-state index contributed by atoms with van der Waals surface area (Å²) in [4.78, 5) is 11.8. The van der Waals surface area contributed by atoms with Gasteiger partial charge >= 0.3 is 0 Å². The fourth-order valence-electron chi connectivity index (χ4n) is 1.83. The predicted octanol–water partition coefficient (Wildman–Crippen LogP) is 3.79. The molecular weight excluding hydrogens is 269 g/mol. The lowest BCUT2D eigenvalue weighted by Gasteiger charge is -2.06. The summed E-state index contributed by atoms with van der Waals surface area (Å²) in [6.07, 6.45) is 3.14. The Morgan fingerprint density at radius 3 is 2.52 bits per heavy atom. The van der Waals surface area contributed by atoms with Crippen LogP contribution in [0.25, 0.3) is 6.08 Å². The lowest BCUT2D eigenvalue weighted by atomic mass is 10.2. The summed E-state index contributed by atoms with van der Waals surface area (Å²) in [6.45, 7) is 1.74. The SMILES string of the molecule is COc1ccc(/C=C/C(=O)Nc2ccc(F)cc2C)cc1. The maximum absolute atomic E-state index is 13.0. The first-order chi connectivity index (χ1) is 10.1. The van der Waals surface area contributed by atoms with Gasteiger partial charge in [-0.05, 0) is 54.5 Å². The molecule has 0 saturated heterocycles. The Kier molecular flexibility index (Phi) is 4.72. The highest BCUT2D eigenvalue weighted by molar-refractivity contribution is 6.02. The number of ether oxygens (including phenoxy) is 1. The summed E-state index contributed by atoms with van der Waals surface area (Å²) in [6, 6.07) is 11.6. The number of aryl methyl sites for hydroxylation is 1. The third-order valence-electron chi connectivity index (χ3n) is 2.99. The first-order valence-electron chi connectivity index (χ1n) is 6.48. The lowest BCUT2D eigenvalue weighted by molar-refractivity contribution is -0.111. The van der Waals surface area contributed by atoms with Crippen LogP contribution < -0.4 is 10.1 Å². The van der Waals surface area contributed by atoms with E-state index in [-0.39, 0.29) is 11.7 Å². The van der Waals surface area contributed by atoms with Gasteiger partial charge in [0.2, 0.25) is 5.91 Å². The van der Waals surface area contributed by atoms with Gasteiger partial charge in [0.1, 0.15) is 11.6 Å². The van der Waals surface area contributed by atoms with Gasteiger partial charge in [-0.15, -0.1) is 0 Å². The highest BCUT2D eigenvalue weighted by atomic mass is 19.1. The number of amides is 1. The van der Waals surface area contributed by atoms with Gasteiger partial charge in [0.25, 0.3) is 0 Å². The topological polar surface area (TPSA) is 38.3 Å². The fourth-order valence-corrected chi connectivity index (χ4v) is 1.83. The van der Waals surface area contributed by atoms with Crippen molar-refractivity contribution in [2.45, 2.75) is 6.92 Å². The third-order valence-corrected chi connectivity index (χ3v) is 2.99. The molecule has 0 fully saturated rings. The molecular formula is C17H16FNO2. The Hall–Kier alpha value is -2.62. The second-order valence-corrected chi connectivity index (χ2v) is 4.55. The molecule has 108 valence electrons. The molecule has 0 unspecified atom stereocenters. The van der Waals surface area contributed by atoms with Gasteiger partial charge < -0.3 is 10.1 Å². The first-order valence-corrected chi connectivity index (χ1v) is 6.48. The van der Waals surface area contributed by atoms with Gasteiger partial charge in [-0.3, -0.25) is 4.79 Å². The second-order valence-electron chi connectivity index (χ2n) is 4.55. The van der Waals surface area contributed by atoms with Crippen molar-refractivity contribution in [2.24, 2.45) is 0 Å². The third kappa shape index (κ3) is 4.18. The Balaban J connectivity index is 2.01. The molecule has 2 rings (SSSR count). The van der Waals surface area contributed by atoms with Crippen molar-refractivity contribution in [2.75, 3.05) is 12.4 Å². The Bertz CT molecular complexity index is 663. The van der Waals surface area contributed by atoms with Gasteiger partial charge in [-0.2, -0.15) is 0 Å². The van der Waals surface area contributed by atoms with Crippen LogP contribution in [0.1, 0.15) is 11.1 Å². The predicted molar refractivity (Wildman–Crippen MR) is 81.8 cm³/mol. The van der Waals surface area contributed by atoms with Crippen molar-refractivity contribution in [3.8, 4) is 5.75 Å². The van der Waals surface area contributed by atoms with Crippen LogP contribution in [0.15, 0.2) is 48.5 Å². The van der Waals surface area contributed by atoms with E-state index >= 15 is 0 Å². The number of carbonyl (C=O) groups excluding carboxylic acids is 1. The van der Waals surface area contributed by atoms with Crippen molar-refractivity contribution >= 4 is 17.7 Å². The maximum atomic E-state index is 13.0. The van der Waals surface area contributed by atoms with E-state index < -0.39 is 0 Å². The van der Waals surface area contributed by atoms with E-state index in [1.165, 1.54) is 18.2 Å². The van der Waals surface area contributed by atoms with Crippen LogP contribution in [0.2, 0.25) is 0 Å². The maximum Gasteiger partial charge on any atom is 0.248 e. The van der Waals surface area contributed by atoms with Crippen LogP contribution in [0.5, 0.6) is 5.75 Å². The quantitative estimate of drug-likeness (QED) is 0.868. The number of methoxy groups -OCH3 is 1. The van der Waals surface area contributed by atoms with Crippen LogP contribution in [0.4, 0.5) is 10.1 Å². The molecule has 0 atom stereocenters. The molecule has 4 heteroatoms. The van der Waals surface area contributed by atoms with Crippen LogP contribution in [0, 0.1) is 12.7 Å². The molecule has 0 aromatic heterocycles.